The zero-order valence-corrected chi connectivity index (χ0v) is 33.5. The maximum atomic E-state index is 14.5. The van der Waals surface area contributed by atoms with E-state index in [0.29, 0.717) is 43.8 Å². The molecule has 0 radical (unpaired) electrons. The van der Waals surface area contributed by atoms with Crippen molar-refractivity contribution in [2.75, 3.05) is 19.6 Å². The van der Waals surface area contributed by atoms with Gasteiger partial charge < -0.3 is 31.5 Å². The van der Waals surface area contributed by atoms with Gasteiger partial charge >= 0.3 is 6.03 Å². The number of Topliss-reactive ketones (excluding diaryl/α,β-unsaturated/α-hetero) is 1. The zero-order chi connectivity index (χ0) is 39.4. The van der Waals surface area contributed by atoms with Gasteiger partial charge in [-0.15, -0.1) is 6.58 Å². The molecule has 1 aromatic rings. The molecule has 0 spiro atoms. The molecule has 1 fully saturated rings. The van der Waals surface area contributed by atoms with Crippen molar-refractivity contribution in [3.05, 3.63) is 42.5 Å². The Morgan fingerprint density at radius 2 is 1.69 bits per heavy atom. The zero-order valence-electron chi connectivity index (χ0n) is 32.6. The lowest BCUT2D eigenvalue weighted by atomic mass is 9.84. The van der Waals surface area contributed by atoms with Crippen LogP contribution in [-0.4, -0.2) is 82.8 Å². The molecular weight excluding hydrogens is 685 g/mol. The molecule has 14 heteroatoms. The van der Waals surface area contributed by atoms with Crippen molar-refractivity contribution in [3.8, 4) is 0 Å². The van der Waals surface area contributed by atoms with E-state index in [1.54, 1.807) is 12.1 Å². The number of ketones is 1. The van der Waals surface area contributed by atoms with E-state index in [-0.39, 0.29) is 36.3 Å². The molecule has 2 unspecified atom stereocenters. The first-order valence-corrected chi connectivity index (χ1v) is 19.6. The van der Waals surface area contributed by atoms with Crippen LogP contribution in [0.4, 0.5) is 4.79 Å². The Morgan fingerprint density at radius 1 is 1.04 bits per heavy atom. The quantitative estimate of drug-likeness (QED) is 0.0576. The van der Waals surface area contributed by atoms with Crippen LogP contribution in [0.15, 0.2) is 41.8 Å². The summed E-state index contributed by atoms with van der Waals surface area (Å²) >= 11 is -2.49. The fourth-order valence-electron chi connectivity index (χ4n) is 6.59. The molecule has 1 saturated heterocycles. The molecule has 6 atom stereocenters. The molecule has 7 N–H and O–H groups in total. The second kappa shape index (κ2) is 20.0. The number of carbonyl (C=O) groups excluding carboxylic acids is 5. The Balaban J connectivity index is 2.30. The van der Waals surface area contributed by atoms with E-state index in [1.165, 1.54) is 11.0 Å². The summed E-state index contributed by atoms with van der Waals surface area (Å²) in [5.74, 6) is -2.39. The molecule has 0 aromatic heterocycles. The summed E-state index contributed by atoms with van der Waals surface area (Å²) in [4.78, 5) is 69.6. The van der Waals surface area contributed by atoms with Crippen LogP contribution >= 0.6 is 0 Å². The van der Waals surface area contributed by atoms with Crippen molar-refractivity contribution in [1.82, 2.24) is 26.2 Å². The van der Waals surface area contributed by atoms with Crippen LogP contribution in [0.2, 0.25) is 0 Å². The van der Waals surface area contributed by atoms with Crippen molar-refractivity contribution >= 4 is 40.6 Å². The highest BCUT2D eigenvalue weighted by atomic mass is 32.2. The molecule has 1 aromatic carbocycles. The van der Waals surface area contributed by atoms with Gasteiger partial charge in [-0.25, -0.2) is 4.79 Å². The molecule has 52 heavy (non-hydrogen) atoms. The van der Waals surface area contributed by atoms with Crippen LogP contribution in [-0.2, 0) is 41.0 Å². The van der Waals surface area contributed by atoms with Gasteiger partial charge in [0, 0.05) is 13.1 Å². The Bertz CT molecular complexity index is 1440. The molecule has 0 aliphatic carbocycles. The van der Waals surface area contributed by atoms with Gasteiger partial charge in [0.1, 0.15) is 18.6 Å². The number of nitrogens with zero attached hydrogens (tertiary/aromatic N) is 1. The number of hydrogen-bond donors (Lipinski definition) is 6. The largest absolute Gasteiger partial charge is 0.346 e. The molecule has 292 valence electrons. The second-order valence-corrected chi connectivity index (χ2v) is 17.4. The summed E-state index contributed by atoms with van der Waals surface area (Å²) < 4.78 is 21.5. The van der Waals surface area contributed by atoms with Crippen molar-refractivity contribution in [1.29, 1.82) is 0 Å². The number of thiol groups is 1. The Kier molecular flexibility index (Phi) is 17.1. The summed E-state index contributed by atoms with van der Waals surface area (Å²) in [6.45, 7) is 22.4. The van der Waals surface area contributed by atoms with Gasteiger partial charge in [-0.2, -0.15) is 4.55 Å². The summed E-state index contributed by atoms with van der Waals surface area (Å²) in [5, 5.41) is 13.2. The Labute approximate surface area is 312 Å². The lowest BCUT2D eigenvalue weighted by Crippen LogP contribution is -2.87. The van der Waals surface area contributed by atoms with Crippen LogP contribution in [0.1, 0.15) is 93.6 Å². The maximum Gasteiger partial charge on any atom is 0.315 e. The third kappa shape index (κ3) is 13.1. The number of quaternary nitrogens is 1. The fraction of sp³-hybridized carbons (Fsp3) is 0.658. The standard InChI is InChI=1S/C38H62N6O7S/c1-11-15-27(31(45)34(47)40-19-12-2)41-33(46)30-25(21-24(3)4)18-20-44(30)35(48)32(38(8,9)10)43-36(49)42-29(37(5,6)7)23-39-22-26-16-13-14-17-28(26)52(50)51/h12-14,16-17,24-25,27,29-30,32,39H,2,11,15,18-23H2,1,3-10H3,(H,40,47)(H,41,46)(H,50,51)(H2,42,43,49)/p+2/t25-,27?,29-,30+,32-/m1/s1. The molecule has 1 aliphatic heterocycles. The summed E-state index contributed by atoms with van der Waals surface area (Å²) in [7, 11) is 0. The number of urea groups is 1. The minimum absolute atomic E-state index is 0.116. The van der Waals surface area contributed by atoms with Crippen LogP contribution < -0.4 is 26.6 Å². The third-order valence-corrected chi connectivity index (χ3v) is 10.2. The third-order valence-electron chi connectivity index (χ3n) is 9.39. The highest BCUT2D eigenvalue weighted by Gasteiger charge is 2.47. The average Bonchev–Trinajstić information content (AvgIpc) is 3.46. The molecule has 0 saturated carbocycles. The molecule has 1 heterocycles. The van der Waals surface area contributed by atoms with Crippen molar-refractivity contribution < 1.29 is 38.1 Å². The highest BCUT2D eigenvalue weighted by molar-refractivity contribution is 7.79. The van der Waals surface area contributed by atoms with E-state index >= 15 is 0 Å². The number of nitrogens with one attached hydrogen (secondary N) is 4. The number of hydrogen-bond acceptors (Lipinski definition) is 6. The predicted molar refractivity (Wildman–Crippen MR) is 204 cm³/mol. The second-order valence-electron chi connectivity index (χ2n) is 16.3. The molecule has 13 nitrogen and oxygen atoms in total. The molecule has 0 bridgehead atoms. The number of likely N-dealkylation sites (tertiary alicyclic amines) is 1. The Hall–Kier alpha value is -3.62. The monoisotopic (exact) mass is 748 g/mol. The fourth-order valence-corrected chi connectivity index (χ4v) is 7.21. The summed E-state index contributed by atoms with van der Waals surface area (Å²) in [6, 6.07) is 3.18. The number of amides is 5. The van der Waals surface area contributed by atoms with Gasteiger partial charge in [-0.1, -0.05) is 91.2 Å². The van der Waals surface area contributed by atoms with Gasteiger partial charge in [-0.05, 0) is 54.1 Å². The van der Waals surface area contributed by atoms with Crippen LogP contribution in [0.3, 0.4) is 0 Å². The normalized spacial score (nSPS) is 18.6. The van der Waals surface area contributed by atoms with Crippen molar-refractivity contribution in [2.24, 2.45) is 22.7 Å². The predicted octanol–water partition coefficient (Wildman–Crippen LogP) is 2.83. The van der Waals surface area contributed by atoms with E-state index in [9.17, 15) is 32.7 Å². The highest BCUT2D eigenvalue weighted by Crippen LogP contribution is 2.33. The van der Waals surface area contributed by atoms with Crippen molar-refractivity contribution in [3.63, 3.8) is 0 Å². The summed E-state index contributed by atoms with van der Waals surface area (Å²) in [6.07, 6.45) is 3.51. The topological polar surface area (TPSA) is 191 Å². The molecule has 1 aliphatic rings. The molecular formula is C38H64N6O7S+2. The van der Waals surface area contributed by atoms with Crippen LogP contribution in [0.5, 0.6) is 0 Å². The van der Waals surface area contributed by atoms with Gasteiger partial charge in [0.05, 0.1) is 24.2 Å². The minimum Gasteiger partial charge on any atom is -0.346 e. The number of rotatable bonds is 18. The van der Waals surface area contributed by atoms with E-state index in [1.807, 2.05) is 79.8 Å². The first-order valence-electron chi connectivity index (χ1n) is 18.4. The summed E-state index contributed by atoms with van der Waals surface area (Å²) in [5.41, 5.74) is -0.361. The lowest BCUT2D eigenvalue weighted by Gasteiger charge is -2.37. The Morgan fingerprint density at radius 3 is 2.25 bits per heavy atom. The smallest absolute Gasteiger partial charge is 0.315 e. The maximum absolute atomic E-state index is 14.5. The van der Waals surface area contributed by atoms with Gasteiger partial charge in [0.25, 0.3) is 5.91 Å². The van der Waals surface area contributed by atoms with E-state index in [4.69, 9.17) is 0 Å². The van der Waals surface area contributed by atoms with Crippen molar-refractivity contribution in [2.45, 2.75) is 124 Å². The van der Waals surface area contributed by atoms with E-state index in [2.05, 4.69) is 27.8 Å². The SMILES string of the molecule is C=CCNC(=O)C(=O)C(CCC)NC(=O)[C@@H]1[C@@H](CC(C)C)CCN1C(=O)[C@@H](NC(=O)N[C@H](C[NH2+]Cc1ccccc1[SH+](=O)O)C(C)(C)C)C(C)(C)C. The first-order chi connectivity index (χ1) is 24.2. The number of carbonyl (C=O) groups is 5. The van der Waals surface area contributed by atoms with Gasteiger partial charge in [0.2, 0.25) is 28.7 Å². The number of nitrogens with two attached hydrogens (primary N) is 1. The van der Waals surface area contributed by atoms with E-state index < -0.39 is 64.2 Å². The van der Waals surface area contributed by atoms with Gasteiger partial charge in [0.15, 0.2) is 4.90 Å². The minimum atomic E-state index is -2.49. The number of benzene rings is 1. The lowest BCUT2D eigenvalue weighted by molar-refractivity contribution is -0.674. The van der Waals surface area contributed by atoms with Crippen LogP contribution in [0, 0.1) is 22.7 Å². The van der Waals surface area contributed by atoms with E-state index in [0.717, 1.165) is 5.56 Å². The average molecular weight is 749 g/mol. The van der Waals surface area contributed by atoms with Crippen LogP contribution in [0.25, 0.3) is 0 Å². The first kappa shape index (κ1) is 44.5. The molecule has 5 amide bonds. The molecule has 2 rings (SSSR count). The van der Waals surface area contributed by atoms with Gasteiger partial charge in [-0.3, -0.25) is 19.2 Å².